The molecule has 0 bridgehead atoms. The van der Waals surface area contributed by atoms with Crippen LogP contribution >= 0.6 is 0 Å². The van der Waals surface area contributed by atoms with E-state index in [1.165, 1.54) is 18.2 Å². The average molecular weight is 473 g/mol. The standard InChI is InChI=1S/C30H32O5/c1-5-7-21(19-29(31)33-3)20-10-14-24(15-11-20)35-27-17-13-22-18-23(12-16-25(22)27)26-8-6-9-28(32-2)30(26)34-4/h5-12,14-16,18,21,27H,13,17,19H2,1-4H3/t21-,27?/m1/s1. The molecule has 0 aliphatic heterocycles. The lowest BCUT2D eigenvalue weighted by Gasteiger charge is -2.17. The molecule has 3 aromatic carbocycles. The zero-order valence-corrected chi connectivity index (χ0v) is 20.7. The molecule has 0 aromatic heterocycles. The summed E-state index contributed by atoms with van der Waals surface area (Å²) in [6.07, 6.45) is 6.20. The van der Waals surface area contributed by atoms with Gasteiger partial charge in [0.1, 0.15) is 11.9 Å². The van der Waals surface area contributed by atoms with E-state index in [0.29, 0.717) is 6.42 Å². The highest BCUT2D eigenvalue weighted by molar-refractivity contribution is 5.75. The molecule has 1 aliphatic carbocycles. The molecule has 5 nitrogen and oxygen atoms in total. The summed E-state index contributed by atoms with van der Waals surface area (Å²) < 4.78 is 22.3. The first-order chi connectivity index (χ1) is 17.1. The molecule has 0 saturated carbocycles. The number of ether oxygens (including phenoxy) is 4. The van der Waals surface area contributed by atoms with Gasteiger partial charge in [0.05, 0.1) is 27.8 Å². The number of allylic oxidation sites excluding steroid dienone is 2. The van der Waals surface area contributed by atoms with Crippen LogP contribution in [0, 0.1) is 0 Å². The molecule has 0 N–H and O–H groups in total. The Bertz CT molecular complexity index is 1200. The van der Waals surface area contributed by atoms with Crippen LogP contribution in [0.25, 0.3) is 11.1 Å². The third-order valence-corrected chi connectivity index (χ3v) is 6.51. The number of carbonyl (C=O) groups is 1. The van der Waals surface area contributed by atoms with Gasteiger partial charge in [-0.25, -0.2) is 0 Å². The first-order valence-corrected chi connectivity index (χ1v) is 11.9. The van der Waals surface area contributed by atoms with Crippen LogP contribution in [0.15, 0.2) is 72.8 Å². The highest BCUT2D eigenvalue weighted by atomic mass is 16.5. The first-order valence-electron chi connectivity index (χ1n) is 11.9. The number of esters is 1. The van der Waals surface area contributed by atoms with E-state index in [2.05, 4.69) is 24.3 Å². The van der Waals surface area contributed by atoms with Gasteiger partial charge < -0.3 is 18.9 Å². The molecule has 5 heteroatoms. The van der Waals surface area contributed by atoms with E-state index in [4.69, 9.17) is 18.9 Å². The molecule has 0 spiro atoms. The predicted molar refractivity (Wildman–Crippen MR) is 137 cm³/mol. The van der Waals surface area contributed by atoms with Gasteiger partial charge in [-0.3, -0.25) is 4.79 Å². The van der Waals surface area contributed by atoms with Crippen molar-refractivity contribution >= 4 is 5.97 Å². The molecule has 0 saturated heterocycles. The van der Waals surface area contributed by atoms with Crippen molar-refractivity contribution < 1.29 is 23.7 Å². The Hall–Kier alpha value is -3.73. The van der Waals surface area contributed by atoms with E-state index in [-0.39, 0.29) is 18.0 Å². The molecule has 182 valence electrons. The topological polar surface area (TPSA) is 54.0 Å². The fraction of sp³-hybridized carbons (Fsp3) is 0.300. The molecule has 35 heavy (non-hydrogen) atoms. The van der Waals surface area contributed by atoms with E-state index in [1.807, 2.05) is 55.5 Å². The third-order valence-electron chi connectivity index (χ3n) is 6.51. The molecule has 1 aliphatic rings. The van der Waals surface area contributed by atoms with E-state index >= 15 is 0 Å². The van der Waals surface area contributed by atoms with E-state index in [9.17, 15) is 4.79 Å². The van der Waals surface area contributed by atoms with Crippen LogP contribution in [0.4, 0.5) is 0 Å². The maximum absolute atomic E-state index is 11.8. The number of fused-ring (bicyclic) bond motifs is 1. The minimum absolute atomic E-state index is 0.0125. The third kappa shape index (κ3) is 5.35. The monoisotopic (exact) mass is 472 g/mol. The number of para-hydroxylation sites is 1. The van der Waals surface area contributed by atoms with Crippen LogP contribution < -0.4 is 14.2 Å². The summed E-state index contributed by atoms with van der Waals surface area (Å²) >= 11 is 0. The molecule has 4 rings (SSSR count). The Morgan fingerprint density at radius 3 is 2.51 bits per heavy atom. The number of aryl methyl sites for hydroxylation is 1. The second-order valence-corrected chi connectivity index (χ2v) is 8.58. The van der Waals surface area contributed by atoms with Crippen molar-refractivity contribution in [2.45, 2.75) is 38.2 Å². The van der Waals surface area contributed by atoms with Crippen LogP contribution in [0.5, 0.6) is 17.2 Å². The molecule has 0 fully saturated rings. The van der Waals surface area contributed by atoms with Gasteiger partial charge in [-0.2, -0.15) is 0 Å². The van der Waals surface area contributed by atoms with Gasteiger partial charge >= 0.3 is 5.97 Å². The van der Waals surface area contributed by atoms with Gasteiger partial charge in [-0.15, -0.1) is 0 Å². The zero-order chi connectivity index (χ0) is 24.8. The molecule has 1 unspecified atom stereocenters. The van der Waals surface area contributed by atoms with Gasteiger partial charge in [-0.05, 0) is 60.2 Å². The van der Waals surface area contributed by atoms with Crippen molar-refractivity contribution in [2.75, 3.05) is 21.3 Å². The van der Waals surface area contributed by atoms with Crippen LogP contribution in [0.1, 0.15) is 48.5 Å². The van der Waals surface area contributed by atoms with Gasteiger partial charge in [-0.1, -0.05) is 54.6 Å². The lowest BCUT2D eigenvalue weighted by molar-refractivity contribution is -0.140. The molecule has 3 aromatic rings. The number of methoxy groups -OCH3 is 3. The van der Waals surface area contributed by atoms with E-state index < -0.39 is 0 Å². The summed E-state index contributed by atoms with van der Waals surface area (Å²) in [5, 5.41) is 0. The number of carbonyl (C=O) groups excluding carboxylic acids is 1. The Balaban J connectivity index is 1.51. The fourth-order valence-electron chi connectivity index (χ4n) is 4.73. The van der Waals surface area contributed by atoms with Crippen molar-refractivity contribution in [3.63, 3.8) is 0 Å². The Labute approximate surface area is 207 Å². The lowest BCUT2D eigenvalue weighted by Crippen LogP contribution is -2.07. The normalized spacial score (nSPS) is 15.5. The van der Waals surface area contributed by atoms with Gasteiger partial charge in [0.2, 0.25) is 0 Å². The predicted octanol–water partition coefficient (Wildman–Crippen LogP) is 6.66. The van der Waals surface area contributed by atoms with Crippen LogP contribution in [0.2, 0.25) is 0 Å². The second-order valence-electron chi connectivity index (χ2n) is 8.58. The molecule has 0 amide bonds. The summed E-state index contributed by atoms with van der Waals surface area (Å²) in [7, 11) is 4.74. The summed E-state index contributed by atoms with van der Waals surface area (Å²) in [5.74, 6) is 2.05. The molecular weight excluding hydrogens is 440 g/mol. The van der Waals surface area contributed by atoms with Gasteiger partial charge in [0.15, 0.2) is 11.5 Å². The van der Waals surface area contributed by atoms with Crippen molar-refractivity contribution in [2.24, 2.45) is 0 Å². The van der Waals surface area contributed by atoms with E-state index in [1.54, 1.807) is 14.2 Å². The van der Waals surface area contributed by atoms with Gasteiger partial charge in [0.25, 0.3) is 0 Å². The zero-order valence-electron chi connectivity index (χ0n) is 20.7. The van der Waals surface area contributed by atoms with Crippen molar-refractivity contribution in [1.29, 1.82) is 0 Å². The van der Waals surface area contributed by atoms with Crippen molar-refractivity contribution in [3.8, 4) is 28.4 Å². The summed E-state index contributed by atoms with van der Waals surface area (Å²) in [6.45, 7) is 1.95. The first kappa shape index (κ1) is 24.4. The molecule has 0 heterocycles. The summed E-state index contributed by atoms with van der Waals surface area (Å²) in [6, 6.07) is 20.5. The highest BCUT2D eigenvalue weighted by Crippen LogP contribution is 2.41. The quantitative estimate of drug-likeness (QED) is 0.257. The maximum Gasteiger partial charge on any atom is 0.306 e. The van der Waals surface area contributed by atoms with Crippen LogP contribution in [-0.2, 0) is 16.0 Å². The smallest absolute Gasteiger partial charge is 0.306 e. The van der Waals surface area contributed by atoms with Crippen molar-refractivity contribution in [3.05, 3.63) is 89.5 Å². The van der Waals surface area contributed by atoms with Gasteiger partial charge in [0, 0.05) is 11.5 Å². The average Bonchev–Trinajstić information content (AvgIpc) is 3.29. The second kappa shape index (κ2) is 11.1. The fourth-order valence-corrected chi connectivity index (χ4v) is 4.73. The summed E-state index contributed by atoms with van der Waals surface area (Å²) in [5.41, 5.74) is 5.68. The Morgan fingerprint density at radius 1 is 1.03 bits per heavy atom. The number of hydrogen-bond acceptors (Lipinski definition) is 5. The molecule has 0 radical (unpaired) electrons. The molecule has 2 atom stereocenters. The SMILES string of the molecule is CC=C[C@H](CC(=O)OC)c1ccc(OC2CCc3cc(-c4cccc(OC)c4OC)ccc32)cc1. The minimum Gasteiger partial charge on any atom is -0.493 e. The van der Waals surface area contributed by atoms with Crippen molar-refractivity contribution in [1.82, 2.24) is 0 Å². The highest BCUT2D eigenvalue weighted by Gasteiger charge is 2.25. The van der Waals surface area contributed by atoms with E-state index in [0.717, 1.165) is 46.8 Å². The van der Waals surface area contributed by atoms with Crippen LogP contribution in [0.3, 0.4) is 0 Å². The maximum atomic E-state index is 11.8. The summed E-state index contributed by atoms with van der Waals surface area (Å²) in [4.78, 5) is 11.8. The Morgan fingerprint density at radius 2 is 1.83 bits per heavy atom. The molecular formula is C30H32O5. The number of rotatable bonds is 9. The number of hydrogen-bond donors (Lipinski definition) is 0. The van der Waals surface area contributed by atoms with Crippen LogP contribution in [-0.4, -0.2) is 27.3 Å². The number of benzene rings is 3. The minimum atomic E-state index is -0.220. The largest absolute Gasteiger partial charge is 0.493 e. The lowest BCUT2D eigenvalue weighted by atomic mass is 9.95. The Kier molecular flexibility index (Phi) is 7.76.